The number of aliphatic hydroxyl groups is 1. The van der Waals surface area contributed by atoms with Gasteiger partial charge < -0.3 is 15.6 Å². The highest BCUT2D eigenvalue weighted by atomic mass is 16.5. The minimum absolute atomic E-state index is 0.0663. The Hall–Kier alpha value is -0.120. The van der Waals surface area contributed by atoms with Crippen LogP contribution in [0.4, 0.5) is 0 Å². The van der Waals surface area contributed by atoms with E-state index in [1.165, 1.54) is 0 Å². The molecule has 0 amide bonds. The Balaban J connectivity index is 4.00. The van der Waals surface area contributed by atoms with E-state index in [1.807, 2.05) is 20.8 Å². The zero-order chi connectivity index (χ0) is 10.5. The van der Waals surface area contributed by atoms with Gasteiger partial charge in [-0.15, -0.1) is 0 Å². The van der Waals surface area contributed by atoms with E-state index < -0.39 is 0 Å². The van der Waals surface area contributed by atoms with Crippen LogP contribution in [-0.4, -0.2) is 29.5 Å². The van der Waals surface area contributed by atoms with Crippen LogP contribution in [0.1, 0.15) is 40.5 Å². The second-order valence-corrected chi connectivity index (χ2v) is 4.52. The molecule has 0 rings (SSSR count). The Morgan fingerprint density at radius 1 is 1.31 bits per heavy atom. The molecule has 0 spiro atoms. The summed E-state index contributed by atoms with van der Waals surface area (Å²) in [6, 6.07) is 0. The van der Waals surface area contributed by atoms with Crippen LogP contribution in [0, 0.1) is 0 Å². The van der Waals surface area contributed by atoms with Gasteiger partial charge in [0.1, 0.15) is 0 Å². The van der Waals surface area contributed by atoms with E-state index in [0.717, 1.165) is 12.8 Å². The lowest BCUT2D eigenvalue weighted by Gasteiger charge is -2.34. The first-order chi connectivity index (χ1) is 5.83. The summed E-state index contributed by atoms with van der Waals surface area (Å²) in [6.07, 6.45) is 1.73. The van der Waals surface area contributed by atoms with Gasteiger partial charge in [0.15, 0.2) is 0 Å². The van der Waals surface area contributed by atoms with Gasteiger partial charge in [0, 0.05) is 5.54 Å². The maximum Gasteiger partial charge on any atom is 0.0704 e. The fourth-order valence-electron chi connectivity index (χ4n) is 1.47. The molecule has 0 aromatic carbocycles. The molecule has 0 aliphatic carbocycles. The Kier molecular flexibility index (Phi) is 4.89. The Morgan fingerprint density at radius 2 is 1.85 bits per heavy atom. The van der Waals surface area contributed by atoms with Gasteiger partial charge in [0.2, 0.25) is 0 Å². The van der Waals surface area contributed by atoms with Crippen LogP contribution in [0.15, 0.2) is 0 Å². The van der Waals surface area contributed by atoms with Gasteiger partial charge in [-0.05, 0) is 33.6 Å². The smallest absolute Gasteiger partial charge is 0.0704 e. The number of hydrogen-bond acceptors (Lipinski definition) is 3. The zero-order valence-corrected chi connectivity index (χ0v) is 9.26. The largest absolute Gasteiger partial charge is 0.394 e. The molecule has 0 aromatic rings. The Bertz CT molecular complexity index is 144. The maximum absolute atomic E-state index is 8.63. The molecule has 0 heterocycles. The summed E-state index contributed by atoms with van der Waals surface area (Å²) in [5.74, 6) is 0. The van der Waals surface area contributed by atoms with Crippen LogP contribution in [0.25, 0.3) is 0 Å². The summed E-state index contributed by atoms with van der Waals surface area (Å²) in [5.41, 5.74) is 5.60. The molecule has 0 saturated heterocycles. The molecule has 80 valence electrons. The standard InChI is InChI=1S/C10H23NO2/c1-5-10(4,11)8-9(2,3)13-7-6-12/h12H,5-8,11H2,1-4H3. The van der Waals surface area contributed by atoms with Crippen molar-refractivity contribution < 1.29 is 9.84 Å². The summed E-state index contributed by atoms with van der Waals surface area (Å²) in [5, 5.41) is 8.63. The van der Waals surface area contributed by atoms with Gasteiger partial charge in [0.05, 0.1) is 18.8 Å². The van der Waals surface area contributed by atoms with Crippen molar-refractivity contribution in [2.45, 2.75) is 51.7 Å². The highest BCUT2D eigenvalue weighted by molar-refractivity contribution is 4.85. The van der Waals surface area contributed by atoms with Gasteiger partial charge in [-0.2, -0.15) is 0 Å². The SMILES string of the molecule is CCC(C)(N)CC(C)(C)OCCO. The van der Waals surface area contributed by atoms with E-state index in [1.54, 1.807) is 0 Å². The van der Waals surface area contributed by atoms with Crippen LogP contribution in [-0.2, 0) is 4.74 Å². The number of rotatable bonds is 6. The van der Waals surface area contributed by atoms with Crippen molar-refractivity contribution in [2.75, 3.05) is 13.2 Å². The third kappa shape index (κ3) is 6.02. The number of aliphatic hydroxyl groups excluding tert-OH is 1. The van der Waals surface area contributed by atoms with Gasteiger partial charge in [-0.1, -0.05) is 6.92 Å². The molecule has 3 N–H and O–H groups in total. The second-order valence-electron chi connectivity index (χ2n) is 4.52. The van der Waals surface area contributed by atoms with E-state index in [-0.39, 0.29) is 17.7 Å². The van der Waals surface area contributed by atoms with Crippen LogP contribution in [0.3, 0.4) is 0 Å². The summed E-state index contributed by atoms with van der Waals surface area (Å²) in [4.78, 5) is 0. The Morgan fingerprint density at radius 3 is 2.23 bits per heavy atom. The van der Waals surface area contributed by atoms with Crippen molar-refractivity contribution in [1.82, 2.24) is 0 Å². The van der Waals surface area contributed by atoms with Crippen LogP contribution in [0.5, 0.6) is 0 Å². The van der Waals surface area contributed by atoms with Crippen molar-refractivity contribution in [3.63, 3.8) is 0 Å². The van der Waals surface area contributed by atoms with Crippen molar-refractivity contribution in [3.05, 3.63) is 0 Å². The minimum atomic E-state index is -0.248. The molecule has 1 atom stereocenters. The van der Waals surface area contributed by atoms with Gasteiger partial charge in [-0.3, -0.25) is 0 Å². The molecular formula is C10H23NO2. The summed E-state index contributed by atoms with van der Waals surface area (Å²) < 4.78 is 5.49. The molecule has 0 saturated carbocycles. The number of hydrogen-bond donors (Lipinski definition) is 2. The average Bonchev–Trinajstić information content (AvgIpc) is 1.99. The summed E-state index contributed by atoms with van der Waals surface area (Å²) >= 11 is 0. The second kappa shape index (κ2) is 4.94. The molecule has 3 heteroatoms. The van der Waals surface area contributed by atoms with E-state index >= 15 is 0 Å². The predicted molar refractivity (Wildman–Crippen MR) is 54.6 cm³/mol. The first-order valence-corrected chi connectivity index (χ1v) is 4.87. The fraction of sp³-hybridized carbons (Fsp3) is 1.00. The van der Waals surface area contributed by atoms with E-state index in [2.05, 4.69) is 6.92 Å². The van der Waals surface area contributed by atoms with Crippen LogP contribution >= 0.6 is 0 Å². The number of nitrogens with two attached hydrogens (primary N) is 1. The number of ether oxygens (including phenoxy) is 1. The normalized spacial score (nSPS) is 17.1. The van der Waals surface area contributed by atoms with E-state index in [4.69, 9.17) is 15.6 Å². The monoisotopic (exact) mass is 189 g/mol. The molecule has 0 fully saturated rings. The van der Waals surface area contributed by atoms with Crippen molar-refractivity contribution in [1.29, 1.82) is 0 Å². The topological polar surface area (TPSA) is 55.5 Å². The average molecular weight is 189 g/mol. The highest BCUT2D eigenvalue weighted by Crippen LogP contribution is 2.23. The lowest BCUT2D eigenvalue weighted by atomic mass is 9.86. The molecule has 0 aliphatic rings. The molecule has 0 aromatic heterocycles. The van der Waals surface area contributed by atoms with E-state index in [9.17, 15) is 0 Å². The van der Waals surface area contributed by atoms with E-state index in [0.29, 0.717) is 6.61 Å². The molecule has 0 aliphatic heterocycles. The lowest BCUT2D eigenvalue weighted by molar-refractivity contribution is -0.0494. The van der Waals surface area contributed by atoms with Crippen molar-refractivity contribution in [2.24, 2.45) is 5.73 Å². The van der Waals surface area contributed by atoms with Gasteiger partial charge in [0.25, 0.3) is 0 Å². The quantitative estimate of drug-likeness (QED) is 0.662. The molecule has 0 radical (unpaired) electrons. The molecule has 13 heavy (non-hydrogen) atoms. The lowest BCUT2D eigenvalue weighted by Crippen LogP contribution is -2.44. The molecule has 1 unspecified atom stereocenters. The highest BCUT2D eigenvalue weighted by Gasteiger charge is 2.28. The minimum Gasteiger partial charge on any atom is -0.394 e. The summed E-state index contributed by atoms with van der Waals surface area (Å²) in [7, 11) is 0. The van der Waals surface area contributed by atoms with Gasteiger partial charge >= 0.3 is 0 Å². The maximum atomic E-state index is 8.63. The van der Waals surface area contributed by atoms with Crippen LogP contribution in [0.2, 0.25) is 0 Å². The van der Waals surface area contributed by atoms with Gasteiger partial charge in [-0.25, -0.2) is 0 Å². The molecular weight excluding hydrogens is 166 g/mol. The van der Waals surface area contributed by atoms with Crippen LogP contribution < -0.4 is 5.73 Å². The molecule has 0 bridgehead atoms. The first kappa shape index (κ1) is 12.9. The third-order valence-electron chi connectivity index (χ3n) is 2.22. The van der Waals surface area contributed by atoms with Crippen molar-refractivity contribution in [3.8, 4) is 0 Å². The Labute approximate surface area is 81.3 Å². The fourth-order valence-corrected chi connectivity index (χ4v) is 1.47. The molecule has 3 nitrogen and oxygen atoms in total. The van der Waals surface area contributed by atoms with Crippen molar-refractivity contribution >= 4 is 0 Å². The zero-order valence-electron chi connectivity index (χ0n) is 9.26. The third-order valence-corrected chi connectivity index (χ3v) is 2.22. The predicted octanol–water partition coefficient (Wildman–Crippen LogP) is 1.29. The summed E-state index contributed by atoms with van der Waals surface area (Å²) in [6.45, 7) is 8.55. The first-order valence-electron chi connectivity index (χ1n) is 4.87.